The predicted molar refractivity (Wildman–Crippen MR) is 70.2 cm³/mol. The average Bonchev–Trinajstić information content (AvgIpc) is 2.70. The lowest BCUT2D eigenvalue weighted by Gasteiger charge is -2.31. The van der Waals surface area contributed by atoms with E-state index in [9.17, 15) is 4.79 Å². The van der Waals surface area contributed by atoms with Crippen molar-refractivity contribution in [2.75, 3.05) is 6.54 Å². The van der Waals surface area contributed by atoms with Crippen LogP contribution < -0.4 is 11.4 Å². The van der Waals surface area contributed by atoms with Crippen LogP contribution >= 0.6 is 0 Å². The van der Waals surface area contributed by atoms with E-state index in [0.717, 1.165) is 23.9 Å². The first-order chi connectivity index (χ1) is 8.18. The van der Waals surface area contributed by atoms with Gasteiger partial charge in [0.15, 0.2) is 0 Å². The van der Waals surface area contributed by atoms with Crippen LogP contribution in [0.3, 0.4) is 0 Å². The Kier molecular flexibility index (Phi) is 3.07. The summed E-state index contributed by atoms with van der Waals surface area (Å²) in [5.74, 6) is 0. The van der Waals surface area contributed by atoms with Crippen molar-refractivity contribution in [2.45, 2.75) is 32.2 Å². The molecule has 0 saturated carbocycles. The number of para-hydroxylation sites is 2. The molecule has 0 saturated heterocycles. The summed E-state index contributed by atoms with van der Waals surface area (Å²) in [6.45, 7) is 4.62. The maximum absolute atomic E-state index is 12.1. The fourth-order valence-corrected chi connectivity index (χ4v) is 2.47. The number of nitrogens with zero attached hydrogens (tertiary/aromatic N) is 1. The fourth-order valence-electron chi connectivity index (χ4n) is 2.47. The molecule has 17 heavy (non-hydrogen) atoms. The molecule has 4 heteroatoms. The minimum Gasteiger partial charge on any atom is -0.328 e. The molecule has 0 radical (unpaired) electrons. The Morgan fingerprint density at radius 1 is 1.29 bits per heavy atom. The number of aromatic nitrogens is 2. The van der Waals surface area contributed by atoms with Crippen molar-refractivity contribution in [1.82, 2.24) is 9.55 Å². The van der Waals surface area contributed by atoms with Gasteiger partial charge in [0, 0.05) is 6.54 Å². The molecule has 2 aromatic rings. The van der Waals surface area contributed by atoms with Crippen molar-refractivity contribution in [3.63, 3.8) is 0 Å². The van der Waals surface area contributed by atoms with Crippen LogP contribution in [0.2, 0.25) is 0 Å². The van der Waals surface area contributed by atoms with Crippen LogP contribution in [0.1, 0.15) is 26.7 Å². The Labute approximate surface area is 100 Å². The van der Waals surface area contributed by atoms with Crippen molar-refractivity contribution in [1.29, 1.82) is 0 Å². The predicted octanol–water partition coefficient (Wildman–Crippen LogP) is 1.80. The van der Waals surface area contributed by atoms with E-state index in [0.29, 0.717) is 6.54 Å². The van der Waals surface area contributed by atoms with Gasteiger partial charge in [0.25, 0.3) is 0 Å². The van der Waals surface area contributed by atoms with Gasteiger partial charge in [-0.1, -0.05) is 26.0 Å². The summed E-state index contributed by atoms with van der Waals surface area (Å²) in [7, 11) is 0. The molecule has 1 aromatic carbocycles. The zero-order valence-electron chi connectivity index (χ0n) is 10.4. The number of nitrogens with two attached hydrogens (primary N) is 1. The first-order valence-electron chi connectivity index (χ1n) is 6.09. The van der Waals surface area contributed by atoms with Gasteiger partial charge in [-0.3, -0.25) is 4.57 Å². The smallest absolute Gasteiger partial charge is 0.327 e. The van der Waals surface area contributed by atoms with Crippen LogP contribution in [0, 0.1) is 0 Å². The van der Waals surface area contributed by atoms with Crippen molar-refractivity contribution < 1.29 is 0 Å². The molecule has 0 amide bonds. The van der Waals surface area contributed by atoms with E-state index in [1.54, 1.807) is 0 Å². The molecule has 1 heterocycles. The molecule has 0 aliphatic carbocycles. The monoisotopic (exact) mass is 233 g/mol. The Morgan fingerprint density at radius 2 is 1.94 bits per heavy atom. The highest BCUT2D eigenvalue weighted by atomic mass is 16.1. The van der Waals surface area contributed by atoms with Gasteiger partial charge >= 0.3 is 5.69 Å². The van der Waals surface area contributed by atoms with Gasteiger partial charge in [-0.2, -0.15) is 0 Å². The van der Waals surface area contributed by atoms with Crippen molar-refractivity contribution in [3.05, 3.63) is 34.7 Å². The average molecular weight is 233 g/mol. The molecule has 3 N–H and O–H groups in total. The lowest BCUT2D eigenvalue weighted by atomic mass is 9.92. The summed E-state index contributed by atoms with van der Waals surface area (Å²) in [5, 5.41) is 0. The number of imidazole rings is 1. The zero-order chi connectivity index (χ0) is 12.5. The Morgan fingerprint density at radius 3 is 2.53 bits per heavy atom. The maximum atomic E-state index is 12.1. The number of fused-ring (bicyclic) bond motifs is 1. The summed E-state index contributed by atoms with van der Waals surface area (Å²) in [5.41, 5.74) is 7.37. The molecule has 0 atom stereocenters. The summed E-state index contributed by atoms with van der Waals surface area (Å²) in [6.07, 6.45) is 1.70. The number of nitrogens with one attached hydrogen (secondary N) is 1. The van der Waals surface area contributed by atoms with Gasteiger partial charge in [-0.05, 0) is 25.0 Å². The third kappa shape index (κ3) is 1.69. The molecule has 0 aliphatic heterocycles. The first kappa shape index (κ1) is 11.9. The maximum Gasteiger partial charge on any atom is 0.327 e. The summed E-state index contributed by atoms with van der Waals surface area (Å²) >= 11 is 0. The minimum absolute atomic E-state index is 0.0691. The van der Waals surface area contributed by atoms with E-state index in [-0.39, 0.29) is 11.2 Å². The summed E-state index contributed by atoms with van der Waals surface area (Å²) < 4.78 is 1.82. The molecular formula is C13H19N3O. The SMILES string of the molecule is CCC(CC)(CN)n1c(=O)[nH]c2ccccc21. The number of hydrogen-bond acceptors (Lipinski definition) is 2. The largest absolute Gasteiger partial charge is 0.328 e. The highest BCUT2D eigenvalue weighted by Crippen LogP contribution is 2.26. The molecule has 92 valence electrons. The highest BCUT2D eigenvalue weighted by molar-refractivity contribution is 5.75. The molecule has 4 nitrogen and oxygen atoms in total. The molecule has 0 spiro atoms. The zero-order valence-corrected chi connectivity index (χ0v) is 10.4. The van der Waals surface area contributed by atoms with Crippen LogP contribution in [0.4, 0.5) is 0 Å². The summed E-state index contributed by atoms with van der Waals surface area (Å²) in [6, 6.07) is 7.74. The standard InChI is InChI=1S/C13H19N3O/c1-3-13(4-2,9-14)16-11-8-6-5-7-10(11)15-12(16)17/h5-8H,3-4,9,14H2,1-2H3,(H,15,17). The summed E-state index contributed by atoms with van der Waals surface area (Å²) in [4.78, 5) is 15.0. The van der Waals surface area contributed by atoms with Gasteiger partial charge in [-0.25, -0.2) is 4.79 Å². The Bertz CT molecular complexity index is 555. The number of H-pyrrole nitrogens is 1. The first-order valence-corrected chi connectivity index (χ1v) is 6.09. The van der Waals surface area contributed by atoms with Crippen LogP contribution in [-0.4, -0.2) is 16.1 Å². The minimum atomic E-state index is -0.281. The molecule has 0 aliphatic rings. The number of rotatable bonds is 4. The van der Waals surface area contributed by atoms with Crippen molar-refractivity contribution in [2.24, 2.45) is 5.73 Å². The lowest BCUT2D eigenvalue weighted by molar-refractivity contribution is 0.272. The van der Waals surface area contributed by atoms with Crippen LogP contribution in [-0.2, 0) is 5.54 Å². The Balaban J connectivity index is 2.77. The van der Waals surface area contributed by atoms with Gasteiger partial charge < -0.3 is 10.7 Å². The fraction of sp³-hybridized carbons (Fsp3) is 0.462. The van der Waals surface area contributed by atoms with Gasteiger partial charge in [0.05, 0.1) is 16.6 Å². The van der Waals surface area contributed by atoms with Crippen LogP contribution in [0.15, 0.2) is 29.1 Å². The number of benzene rings is 1. The van der Waals surface area contributed by atoms with E-state index in [4.69, 9.17) is 5.73 Å². The Hall–Kier alpha value is -1.55. The molecule has 1 aromatic heterocycles. The van der Waals surface area contributed by atoms with Gasteiger partial charge in [0.2, 0.25) is 0 Å². The van der Waals surface area contributed by atoms with E-state index < -0.39 is 0 Å². The van der Waals surface area contributed by atoms with E-state index >= 15 is 0 Å². The van der Waals surface area contributed by atoms with Crippen molar-refractivity contribution >= 4 is 11.0 Å². The third-order valence-electron chi connectivity index (χ3n) is 3.76. The topological polar surface area (TPSA) is 63.8 Å². The quantitative estimate of drug-likeness (QED) is 0.845. The van der Waals surface area contributed by atoms with Crippen LogP contribution in [0.5, 0.6) is 0 Å². The third-order valence-corrected chi connectivity index (χ3v) is 3.76. The molecule has 0 bridgehead atoms. The van der Waals surface area contributed by atoms with E-state index in [1.807, 2.05) is 28.8 Å². The van der Waals surface area contributed by atoms with Crippen LogP contribution in [0.25, 0.3) is 11.0 Å². The normalized spacial score (nSPS) is 12.2. The number of hydrogen-bond donors (Lipinski definition) is 2. The number of aromatic amines is 1. The highest BCUT2D eigenvalue weighted by Gasteiger charge is 2.29. The van der Waals surface area contributed by atoms with E-state index in [2.05, 4.69) is 18.8 Å². The second-order valence-corrected chi connectivity index (χ2v) is 4.42. The van der Waals surface area contributed by atoms with Gasteiger partial charge in [-0.15, -0.1) is 0 Å². The molecule has 0 unspecified atom stereocenters. The second kappa shape index (κ2) is 4.37. The van der Waals surface area contributed by atoms with Crippen molar-refractivity contribution in [3.8, 4) is 0 Å². The lowest BCUT2D eigenvalue weighted by Crippen LogP contribution is -2.45. The molecule has 2 rings (SSSR count). The van der Waals surface area contributed by atoms with E-state index in [1.165, 1.54) is 0 Å². The molecular weight excluding hydrogens is 214 g/mol. The van der Waals surface area contributed by atoms with Gasteiger partial charge in [0.1, 0.15) is 0 Å². The molecule has 0 fully saturated rings. The second-order valence-electron chi connectivity index (χ2n) is 4.42.